The topological polar surface area (TPSA) is 18.5 Å². The molecule has 1 aliphatic rings. The van der Waals surface area contributed by atoms with Crippen LogP contribution in [0.15, 0.2) is 61.2 Å². The Balaban J connectivity index is 1.38. The lowest BCUT2D eigenvalue weighted by Crippen LogP contribution is -2.27. The quantitative estimate of drug-likeness (QED) is 0.101. The van der Waals surface area contributed by atoms with Gasteiger partial charge in [0, 0.05) is 17.0 Å². The molecule has 0 aliphatic carbocycles. The summed E-state index contributed by atoms with van der Waals surface area (Å²) in [5.41, 5.74) is 1.84. The maximum Gasteiger partial charge on any atom is 0.166 e. The van der Waals surface area contributed by atoms with Crippen LogP contribution < -0.4 is 0 Å². The summed E-state index contributed by atoms with van der Waals surface area (Å²) in [7, 11) is 0. The van der Waals surface area contributed by atoms with Crippen LogP contribution in [0.2, 0.25) is 0 Å². The van der Waals surface area contributed by atoms with Crippen LogP contribution in [0.25, 0.3) is 22.3 Å². The number of hydrogen-bond donors (Lipinski definition) is 0. The van der Waals surface area contributed by atoms with Gasteiger partial charge in [0.25, 0.3) is 0 Å². The summed E-state index contributed by atoms with van der Waals surface area (Å²) >= 11 is 0. The third kappa shape index (κ3) is 8.11. The van der Waals surface area contributed by atoms with E-state index >= 15 is 13.2 Å². The molecular formula is C36H42F4O2. The standard InChI is InChI=1S/C36H42F4O2/c1-3-5-6-7-8-9-10-11-12-27-17-19-29(34(38)33(27)37)25-13-15-26(16-14-25)30-20-21-31(36(40)35(30)39)28-18-22-32(42-24-28)41-23-4-2/h4,13-17,19-21,28,32H,2-3,5-12,18,22-24H2,1H3. The van der Waals surface area contributed by atoms with E-state index in [0.29, 0.717) is 42.6 Å². The minimum absolute atomic E-state index is 0.110. The van der Waals surface area contributed by atoms with Crippen LogP contribution in [0.4, 0.5) is 17.6 Å². The molecule has 0 radical (unpaired) electrons. The van der Waals surface area contributed by atoms with Gasteiger partial charge in [-0.05, 0) is 47.9 Å². The van der Waals surface area contributed by atoms with E-state index in [1.807, 2.05) is 0 Å². The first-order valence-electron chi connectivity index (χ1n) is 15.3. The zero-order chi connectivity index (χ0) is 29.9. The Kier molecular flexibility index (Phi) is 12.2. The van der Waals surface area contributed by atoms with E-state index in [4.69, 9.17) is 9.47 Å². The molecule has 1 saturated heterocycles. The molecule has 42 heavy (non-hydrogen) atoms. The van der Waals surface area contributed by atoms with Gasteiger partial charge in [0.15, 0.2) is 29.6 Å². The van der Waals surface area contributed by atoms with Crippen LogP contribution >= 0.6 is 0 Å². The predicted octanol–water partition coefficient (Wildman–Crippen LogP) is 10.7. The Morgan fingerprint density at radius 3 is 1.93 bits per heavy atom. The summed E-state index contributed by atoms with van der Waals surface area (Å²) in [5, 5.41) is 0. The summed E-state index contributed by atoms with van der Waals surface area (Å²) in [4.78, 5) is 0. The molecule has 0 aromatic heterocycles. The summed E-state index contributed by atoms with van der Waals surface area (Å²) in [6.45, 7) is 6.42. The monoisotopic (exact) mass is 582 g/mol. The van der Waals surface area contributed by atoms with E-state index < -0.39 is 23.3 Å². The summed E-state index contributed by atoms with van der Waals surface area (Å²) < 4.78 is 71.4. The van der Waals surface area contributed by atoms with Crippen molar-refractivity contribution < 1.29 is 27.0 Å². The number of halogens is 4. The molecule has 2 unspecified atom stereocenters. The number of hydrogen-bond acceptors (Lipinski definition) is 2. The molecule has 1 heterocycles. The van der Waals surface area contributed by atoms with Gasteiger partial charge in [0.2, 0.25) is 0 Å². The molecule has 2 nitrogen and oxygen atoms in total. The van der Waals surface area contributed by atoms with Crippen molar-refractivity contribution in [3.63, 3.8) is 0 Å². The maximum atomic E-state index is 15.2. The first kappa shape index (κ1) is 32.0. The number of ether oxygens (including phenoxy) is 2. The van der Waals surface area contributed by atoms with Crippen molar-refractivity contribution >= 4 is 0 Å². The van der Waals surface area contributed by atoms with Gasteiger partial charge in [-0.15, -0.1) is 6.58 Å². The predicted molar refractivity (Wildman–Crippen MR) is 161 cm³/mol. The molecule has 0 amide bonds. The van der Waals surface area contributed by atoms with E-state index in [1.165, 1.54) is 32.1 Å². The Hall–Kier alpha value is -2.96. The molecular weight excluding hydrogens is 540 g/mol. The van der Waals surface area contributed by atoms with E-state index in [0.717, 1.165) is 19.3 Å². The lowest BCUT2D eigenvalue weighted by molar-refractivity contribution is -0.160. The molecule has 1 fully saturated rings. The van der Waals surface area contributed by atoms with Crippen molar-refractivity contribution in [2.75, 3.05) is 13.2 Å². The lowest BCUT2D eigenvalue weighted by Gasteiger charge is -2.29. The second-order valence-corrected chi connectivity index (χ2v) is 11.2. The molecule has 6 heteroatoms. The Morgan fingerprint density at radius 2 is 1.33 bits per heavy atom. The van der Waals surface area contributed by atoms with Gasteiger partial charge in [0.1, 0.15) is 0 Å². The first-order chi connectivity index (χ1) is 20.4. The van der Waals surface area contributed by atoms with Gasteiger partial charge < -0.3 is 9.47 Å². The smallest absolute Gasteiger partial charge is 0.166 e. The molecule has 226 valence electrons. The molecule has 0 N–H and O–H groups in total. The number of unbranched alkanes of at least 4 members (excludes halogenated alkanes) is 7. The van der Waals surface area contributed by atoms with Crippen molar-refractivity contribution in [1.29, 1.82) is 0 Å². The lowest BCUT2D eigenvalue weighted by atomic mass is 9.90. The summed E-state index contributed by atoms with van der Waals surface area (Å²) in [6, 6.07) is 12.8. The molecule has 4 rings (SSSR count). The third-order valence-electron chi connectivity index (χ3n) is 8.15. The number of rotatable bonds is 15. The van der Waals surface area contributed by atoms with Crippen LogP contribution in [-0.4, -0.2) is 19.5 Å². The van der Waals surface area contributed by atoms with Gasteiger partial charge in [-0.3, -0.25) is 0 Å². The Labute approximate surface area is 247 Å². The maximum absolute atomic E-state index is 15.2. The largest absolute Gasteiger partial charge is 0.352 e. The van der Waals surface area contributed by atoms with E-state index in [9.17, 15) is 4.39 Å². The van der Waals surface area contributed by atoms with Crippen molar-refractivity contribution in [1.82, 2.24) is 0 Å². The zero-order valence-electron chi connectivity index (χ0n) is 24.6. The van der Waals surface area contributed by atoms with Crippen LogP contribution in [0.5, 0.6) is 0 Å². The molecule has 0 spiro atoms. The highest BCUT2D eigenvalue weighted by Gasteiger charge is 2.27. The third-order valence-corrected chi connectivity index (χ3v) is 8.15. The molecule has 0 saturated carbocycles. The van der Waals surface area contributed by atoms with E-state index in [1.54, 1.807) is 54.6 Å². The normalized spacial score (nSPS) is 17.0. The van der Waals surface area contributed by atoms with Gasteiger partial charge in [0.05, 0.1) is 13.2 Å². The van der Waals surface area contributed by atoms with Crippen molar-refractivity contribution in [3.8, 4) is 22.3 Å². The second-order valence-electron chi connectivity index (χ2n) is 11.2. The van der Waals surface area contributed by atoms with Crippen LogP contribution in [0.1, 0.15) is 88.2 Å². The fraction of sp³-hybridized carbons (Fsp3) is 0.444. The highest BCUT2D eigenvalue weighted by atomic mass is 19.2. The van der Waals surface area contributed by atoms with Crippen molar-refractivity contribution in [3.05, 3.63) is 95.6 Å². The summed E-state index contributed by atoms with van der Waals surface area (Å²) in [5.74, 6) is -3.79. The SMILES string of the molecule is C=CCOC1CCC(c2ccc(-c3ccc(-c4ccc(CCCCCCCCCC)c(F)c4F)cc3)c(F)c2F)CO1. The molecule has 3 aromatic rings. The molecule has 0 bridgehead atoms. The summed E-state index contributed by atoms with van der Waals surface area (Å²) in [6.07, 6.45) is 12.1. The average Bonchev–Trinajstić information content (AvgIpc) is 3.01. The minimum atomic E-state index is -0.937. The van der Waals surface area contributed by atoms with Crippen molar-refractivity contribution in [2.45, 2.75) is 89.8 Å². The molecule has 3 aromatic carbocycles. The van der Waals surface area contributed by atoms with E-state index in [-0.39, 0.29) is 35.5 Å². The Morgan fingerprint density at radius 1 is 0.738 bits per heavy atom. The zero-order valence-corrected chi connectivity index (χ0v) is 24.6. The minimum Gasteiger partial charge on any atom is -0.352 e. The van der Waals surface area contributed by atoms with Crippen LogP contribution in [0.3, 0.4) is 0 Å². The van der Waals surface area contributed by atoms with Gasteiger partial charge >= 0.3 is 0 Å². The number of aryl methyl sites for hydroxylation is 1. The molecule has 1 aliphatic heterocycles. The second kappa shape index (κ2) is 16.0. The van der Waals surface area contributed by atoms with Gasteiger partial charge in [-0.2, -0.15) is 0 Å². The van der Waals surface area contributed by atoms with Crippen LogP contribution in [0, 0.1) is 23.3 Å². The van der Waals surface area contributed by atoms with E-state index in [2.05, 4.69) is 13.5 Å². The fourth-order valence-electron chi connectivity index (χ4n) is 5.67. The average molecular weight is 583 g/mol. The highest BCUT2D eigenvalue weighted by Crippen LogP contribution is 2.35. The molecule has 2 atom stereocenters. The Bertz CT molecular complexity index is 1300. The van der Waals surface area contributed by atoms with Gasteiger partial charge in [-0.25, -0.2) is 17.6 Å². The fourth-order valence-corrected chi connectivity index (χ4v) is 5.67. The first-order valence-corrected chi connectivity index (χ1v) is 15.3. The highest BCUT2D eigenvalue weighted by molar-refractivity contribution is 5.71. The van der Waals surface area contributed by atoms with Gasteiger partial charge in [-0.1, -0.05) is 106 Å². The van der Waals surface area contributed by atoms with Crippen LogP contribution in [-0.2, 0) is 15.9 Å². The van der Waals surface area contributed by atoms with Crippen molar-refractivity contribution in [2.24, 2.45) is 0 Å². The number of benzene rings is 3.